The molecule has 4 N–H and O–H groups in total. The van der Waals surface area contributed by atoms with Gasteiger partial charge in [-0.1, -0.05) is 18.2 Å². The number of aromatic amines is 1. The maximum absolute atomic E-state index is 13.7. The molecule has 0 bridgehead atoms. The number of pyridine rings is 1. The van der Waals surface area contributed by atoms with E-state index in [-0.39, 0.29) is 23.3 Å². The molecule has 0 spiro atoms. The van der Waals surface area contributed by atoms with Crippen LogP contribution in [0.5, 0.6) is 0 Å². The maximum Gasteiger partial charge on any atom is 0.264 e. The molecular weight excluding hydrogens is 434 g/mol. The molecule has 1 atom stereocenters. The maximum atomic E-state index is 13.7. The van der Waals surface area contributed by atoms with Gasteiger partial charge in [0.25, 0.3) is 11.4 Å². The molecule has 1 unspecified atom stereocenters. The van der Waals surface area contributed by atoms with Gasteiger partial charge in [0.1, 0.15) is 23.5 Å². The Morgan fingerprint density at radius 3 is 2.68 bits per heavy atom. The minimum Gasteiger partial charge on any atom is -0.421 e. The quantitative estimate of drug-likeness (QED) is 0.361. The second-order valence-electron chi connectivity index (χ2n) is 8.13. The van der Waals surface area contributed by atoms with Crippen molar-refractivity contribution in [3.05, 3.63) is 69.9 Å². The zero-order valence-electron chi connectivity index (χ0n) is 19.1. The molecular formula is C23H23N9O2. The third-order valence-electron chi connectivity index (χ3n) is 5.62. The summed E-state index contributed by atoms with van der Waals surface area (Å²) in [5.74, 6) is 1.71. The summed E-state index contributed by atoms with van der Waals surface area (Å²) in [5.41, 5.74) is 8.81. The summed E-state index contributed by atoms with van der Waals surface area (Å²) in [7, 11) is 0. The van der Waals surface area contributed by atoms with E-state index >= 15 is 0 Å². The molecule has 172 valence electrons. The Bertz CT molecular complexity index is 1580. The van der Waals surface area contributed by atoms with Crippen LogP contribution >= 0.6 is 0 Å². The third kappa shape index (κ3) is 3.56. The number of rotatable bonds is 5. The molecule has 0 radical (unpaired) electrons. The summed E-state index contributed by atoms with van der Waals surface area (Å²) >= 11 is 0. The SMILES string of the molecule is Cc1cc(-n2c(C(C)Nc3ncnc(N)c3-c3nnc(C)o3)cc3cccc(C)c3c2=O)n[nH]1. The van der Waals surface area contributed by atoms with Gasteiger partial charge in [-0.3, -0.25) is 14.5 Å². The average Bonchev–Trinajstić information content (AvgIpc) is 3.41. The van der Waals surface area contributed by atoms with Crippen molar-refractivity contribution in [1.29, 1.82) is 0 Å². The molecule has 11 nitrogen and oxygen atoms in total. The van der Waals surface area contributed by atoms with Crippen LogP contribution in [0.1, 0.15) is 35.8 Å². The first-order chi connectivity index (χ1) is 16.3. The molecule has 1 aromatic carbocycles. The number of fused-ring (bicyclic) bond motifs is 1. The molecule has 0 amide bonds. The van der Waals surface area contributed by atoms with E-state index in [9.17, 15) is 4.79 Å². The van der Waals surface area contributed by atoms with Crippen LogP contribution in [0.2, 0.25) is 0 Å². The normalized spacial score (nSPS) is 12.2. The first kappa shape index (κ1) is 21.3. The molecule has 4 heterocycles. The van der Waals surface area contributed by atoms with E-state index in [0.717, 1.165) is 16.6 Å². The summed E-state index contributed by atoms with van der Waals surface area (Å²) < 4.78 is 7.18. The largest absolute Gasteiger partial charge is 0.421 e. The summed E-state index contributed by atoms with van der Waals surface area (Å²) in [4.78, 5) is 22.1. The van der Waals surface area contributed by atoms with E-state index in [1.165, 1.54) is 6.33 Å². The highest BCUT2D eigenvalue weighted by Gasteiger charge is 2.23. The van der Waals surface area contributed by atoms with Gasteiger partial charge in [-0.2, -0.15) is 5.10 Å². The van der Waals surface area contributed by atoms with E-state index in [1.54, 1.807) is 11.5 Å². The van der Waals surface area contributed by atoms with Crippen LogP contribution in [0.25, 0.3) is 28.0 Å². The topological polar surface area (TPSA) is 153 Å². The van der Waals surface area contributed by atoms with Crippen molar-refractivity contribution in [3.63, 3.8) is 0 Å². The Kier molecular flexibility index (Phi) is 5.08. The van der Waals surface area contributed by atoms with Crippen molar-refractivity contribution in [1.82, 2.24) is 34.9 Å². The van der Waals surface area contributed by atoms with Crippen molar-refractivity contribution >= 4 is 22.4 Å². The molecule has 5 rings (SSSR count). The lowest BCUT2D eigenvalue weighted by molar-refractivity contribution is 0.532. The first-order valence-electron chi connectivity index (χ1n) is 10.7. The number of anilines is 2. The van der Waals surface area contributed by atoms with E-state index in [4.69, 9.17) is 10.2 Å². The molecule has 0 aliphatic heterocycles. The number of nitrogens with zero attached hydrogens (tertiary/aromatic N) is 6. The monoisotopic (exact) mass is 457 g/mol. The lowest BCUT2D eigenvalue weighted by Crippen LogP contribution is -2.26. The number of nitrogens with two attached hydrogens (primary N) is 1. The molecule has 4 aromatic heterocycles. The Balaban J connectivity index is 1.67. The van der Waals surface area contributed by atoms with Crippen molar-refractivity contribution in [3.8, 4) is 17.3 Å². The number of hydrogen-bond acceptors (Lipinski definition) is 9. The average molecular weight is 457 g/mol. The third-order valence-corrected chi connectivity index (χ3v) is 5.62. The summed E-state index contributed by atoms with van der Waals surface area (Å²) in [6, 6.07) is 9.21. The molecule has 0 fully saturated rings. The fourth-order valence-electron chi connectivity index (χ4n) is 4.03. The van der Waals surface area contributed by atoms with Crippen molar-refractivity contribution in [2.45, 2.75) is 33.7 Å². The van der Waals surface area contributed by atoms with Crippen LogP contribution in [0.15, 0.2) is 45.9 Å². The highest BCUT2D eigenvalue weighted by molar-refractivity contribution is 5.86. The van der Waals surface area contributed by atoms with Gasteiger partial charge in [-0.05, 0) is 37.8 Å². The predicted molar refractivity (Wildman–Crippen MR) is 128 cm³/mol. The Labute approximate surface area is 194 Å². The molecule has 34 heavy (non-hydrogen) atoms. The number of nitrogens with one attached hydrogen (secondary N) is 2. The van der Waals surface area contributed by atoms with Gasteiger partial charge in [0.2, 0.25) is 5.89 Å². The van der Waals surface area contributed by atoms with E-state index in [0.29, 0.717) is 34.2 Å². The van der Waals surface area contributed by atoms with Gasteiger partial charge in [-0.25, -0.2) is 9.97 Å². The van der Waals surface area contributed by atoms with Gasteiger partial charge in [0, 0.05) is 18.7 Å². The first-order valence-corrected chi connectivity index (χ1v) is 10.7. The Morgan fingerprint density at radius 2 is 1.97 bits per heavy atom. The highest BCUT2D eigenvalue weighted by Crippen LogP contribution is 2.32. The Hall–Kier alpha value is -4.54. The van der Waals surface area contributed by atoms with E-state index in [2.05, 4.69) is 35.7 Å². The molecule has 0 aliphatic rings. The second kappa shape index (κ2) is 8.10. The van der Waals surface area contributed by atoms with E-state index in [1.807, 2.05) is 51.1 Å². The Morgan fingerprint density at radius 1 is 1.15 bits per heavy atom. The molecule has 0 saturated heterocycles. The fourth-order valence-corrected chi connectivity index (χ4v) is 4.03. The number of aryl methyl sites for hydroxylation is 3. The van der Waals surface area contributed by atoms with Crippen LogP contribution in [-0.2, 0) is 0 Å². The minimum absolute atomic E-state index is 0.152. The highest BCUT2D eigenvalue weighted by atomic mass is 16.4. The van der Waals surface area contributed by atoms with Crippen LogP contribution in [-0.4, -0.2) is 34.9 Å². The van der Waals surface area contributed by atoms with Crippen LogP contribution in [0.3, 0.4) is 0 Å². The second-order valence-corrected chi connectivity index (χ2v) is 8.13. The minimum atomic E-state index is -0.383. The smallest absolute Gasteiger partial charge is 0.264 e. The summed E-state index contributed by atoms with van der Waals surface area (Å²) in [6.45, 7) is 7.42. The fraction of sp³-hybridized carbons (Fsp3) is 0.217. The van der Waals surface area contributed by atoms with E-state index < -0.39 is 0 Å². The van der Waals surface area contributed by atoms with Crippen LogP contribution in [0, 0.1) is 20.8 Å². The molecule has 0 aliphatic carbocycles. The number of H-pyrrole nitrogens is 1. The van der Waals surface area contributed by atoms with Gasteiger partial charge in [0.15, 0.2) is 5.82 Å². The van der Waals surface area contributed by atoms with Crippen LogP contribution in [0.4, 0.5) is 11.6 Å². The van der Waals surface area contributed by atoms with Gasteiger partial charge in [0.05, 0.1) is 17.1 Å². The molecule has 0 saturated carbocycles. The van der Waals surface area contributed by atoms with Crippen molar-refractivity contribution in [2.75, 3.05) is 11.1 Å². The number of nitrogen functional groups attached to an aromatic ring is 1. The number of benzene rings is 1. The zero-order chi connectivity index (χ0) is 24.0. The summed E-state index contributed by atoms with van der Waals surface area (Å²) in [6.07, 6.45) is 1.35. The van der Waals surface area contributed by atoms with Crippen molar-refractivity contribution in [2.24, 2.45) is 0 Å². The number of hydrogen-bond donors (Lipinski definition) is 3. The number of aromatic nitrogens is 7. The zero-order valence-corrected chi connectivity index (χ0v) is 19.1. The summed E-state index contributed by atoms with van der Waals surface area (Å²) in [5, 5.41) is 20.0. The van der Waals surface area contributed by atoms with Gasteiger partial charge < -0.3 is 15.5 Å². The van der Waals surface area contributed by atoms with Gasteiger partial charge >= 0.3 is 0 Å². The lowest BCUT2D eigenvalue weighted by Gasteiger charge is -2.21. The van der Waals surface area contributed by atoms with Gasteiger partial charge in [-0.15, -0.1) is 10.2 Å². The van der Waals surface area contributed by atoms with Crippen molar-refractivity contribution < 1.29 is 4.42 Å². The standard InChI is InChI=1S/C23H23N9O2/c1-11-6-5-7-15-9-16(32(23(33)18(11)15)17-8-12(2)28-30-17)13(3)27-21-19(20(24)25-10-26-21)22-31-29-14(4)34-22/h5-10,13H,1-4H3,(H,28,30)(H3,24,25,26,27). The molecule has 5 aromatic rings. The predicted octanol–water partition coefficient (Wildman–Crippen LogP) is 3.23. The molecule has 11 heteroatoms. The van der Waals surface area contributed by atoms with Crippen LogP contribution < -0.4 is 16.6 Å². The lowest BCUT2D eigenvalue weighted by atomic mass is 10.0.